The van der Waals surface area contributed by atoms with Crippen LogP contribution in [-0.2, 0) is 0 Å². The number of nitrogens with one attached hydrogen (secondary N) is 1. The molecule has 2 N–H and O–H groups in total. The van der Waals surface area contributed by atoms with E-state index >= 15 is 0 Å². The number of anilines is 1. The Morgan fingerprint density at radius 3 is 2.39 bits per heavy atom. The molecule has 0 aliphatic carbocycles. The highest BCUT2D eigenvalue weighted by atomic mass is 19.3. The number of phenolic OH excluding ortho intramolecular Hbond substituents is 1. The number of rotatable bonds is 6. The summed E-state index contributed by atoms with van der Waals surface area (Å²) < 4.78 is 29.4. The van der Waals surface area contributed by atoms with Crippen LogP contribution in [0.4, 0.5) is 14.6 Å². The number of nitrogens with zero attached hydrogens (tertiary/aromatic N) is 4. The summed E-state index contributed by atoms with van der Waals surface area (Å²) in [4.78, 5) is 6.01. The Morgan fingerprint density at radius 1 is 1.03 bits per heavy atom. The van der Waals surface area contributed by atoms with Crippen molar-refractivity contribution in [3.63, 3.8) is 0 Å². The predicted molar refractivity (Wildman–Crippen MR) is 134 cm³/mol. The fourth-order valence-electron chi connectivity index (χ4n) is 5.93. The average molecular weight is 496 g/mol. The van der Waals surface area contributed by atoms with E-state index in [4.69, 9.17) is 0 Å². The summed E-state index contributed by atoms with van der Waals surface area (Å²) in [6.07, 6.45) is 7.14. The van der Waals surface area contributed by atoms with Crippen molar-refractivity contribution in [1.82, 2.24) is 20.5 Å². The van der Waals surface area contributed by atoms with Gasteiger partial charge in [0.2, 0.25) is 5.88 Å². The summed E-state index contributed by atoms with van der Waals surface area (Å²) in [7, 11) is 2.08. The number of ether oxygens (including phenoxy) is 1. The number of fused-ring (bicyclic) bond motifs is 2. The van der Waals surface area contributed by atoms with Gasteiger partial charge in [-0.1, -0.05) is 6.07 Å². The molecule has 2 aliphatic heterocycles. The van der Waals surface area contributed by atoms with E-state index in [1.54, 1.807) is 24.3 Å². The van der Waals surface area contributed by atoms with Crippen LogP contribution in [0.1, 0.15) is 46.0 Å². The summed E-state index contributed by atoms with van der Waals surface area (Å²) in [5, 5.41) is 23.5. The van der Waals surface area contributed by atoms with Crippen molar-refractivity contribution in [2.24, 2.45) is 0 Å². The number of aromatic nitrogens is 3. The molecule has 2 bridgehead atoms. The fourth-order valence-corrected chi connectivity index (χ4v) is 5.93. The molecule has 4 heterocycles. The number of hydrogen-bond donors (Lipinski definition) is 2. The van der Waals surface area contributed by atoms with Crippen LogP contribution < -0.4 is 15.0 Å². The molecule has 0 unspecified atom stereocenters. The van der Waals surface area contributed by atoms with Crippen molar-refractivity contribution < 1.29 is 18.6 Å². The first-order valence-electron chi connectivity index (χ1n) is 12.2. The minimum atomic E-state index is -2.95. The van der Waals surface area contributed by atoms with Crippen LogP contribution >= 0.6 is 0 Å². The highest BCUT2D eigenvalue weighted by Crippen LogP contribution is 2.42. The van der Waals surface area contributed by atoms with Crippen molar-refractivity contribution >= 4 is 5.82 Å². The Balaban J connectivity index is 1.33. The van der Waals surface area contributed by atoms with Crippen molar-refractivity contribution in [2.45, 2.75) is 69.7 Å². The van der Waals surface area contributed by atoms with Crippen LogP contribution in [0, 0.1) is 0 Å². The second kappa shape index (κ2) is 9.28. The number of piperidine rings is 2. The van der Waals surface area contributed by atoms with Crippen LogP contribution in [0.2, 0.25) is 0 Å². The lowest BCUT2D eigenvalue weighted by atomic mass is 9.69. The van der Waals surface area contributed by atoms with Gasteiger partial charge in [-0.25, -0.2) is 4.98 Å². The molecule has 3 atom stereocenters. The van der Waals surface area contributed by atoms with Gasteiger partial charge < -0.3 is 20.1 Å². The Labute approximate surface area is 209 Å². The van der Waals surface area contributed by atoms with Crippen LogP contribution in [0.15, 0.2) is 48.7 Å². The van der Waals surface area contributed by atoms with Crippen LogP contribution in [0.5, 0.6) is 11.6 Å². The third-order valence-electron chi connectivity index (χ3n) is 7.54. The van der Waals surface area contributed by atoms with Crippen molar-refractivity contribution in [2.75, 3.05) is 11.9 Å². The van der Waals surface area contributed by atoms with E-state index in [-0.39, 0.29) is 22.7 Å². The van der Waals surface area contributed by atoms with Gasteiger partial charge in [-0.15, -0.1) is 10.2 Å². The van der Waals surface area contributed by atoms with E-state index in [2.05, 4.69) is 51.0 Å². The molecule has 2 fully saturated rings. The highest BCUT2D eigenvalue weighted by Gasteiger charge is 2.46. The van der Waals surface area contributed by atoms with Crippen LogP contribution in [0.25, 0.3) is 22.4 Å². The van der Waals surface area contributed by atoms with Gasteiger partial charge in [-0.3, -0.25) is 0 Å². The van der Waals surface area contributed by atoms with E-state index in [1.165, 1.54) is 31.5 Å². The Bertz CT molecular complexity index is 1220. The topological polar surface area (TPSA) is 83.4 Å². The van der Waals surface area contributed by atoms with Crippen molar-refractivity contribution in [3.8, 4) is 34.0 Å². The standard InChI is InChI=1S/C27H31F2N5O2/c1-26-10-4-11-27(2,33-26)16-19(15-26)34(3)23-8-7-21(31-32-23)20-6-5-17(13-22(20)35)18-9-12-30-24(14-18)36-25(28)29/h5-9,12-14,19,25,33,35H,4,10-11,15-16H2,1-3H3/t19-,26+,27-. The van der Waals surface area contributed by atoms with Gasteiger partial charge in [0.15, 0.2) is 5.82 Å². The SMILES string of the molecule is CN(c1ccc(-c2ccc(-c3ccnc(OC(F)F)c3)cc2O)nn1)[C@@H]1C[C@]2(C)CCC[C@](C)(C1)N2. The average Bonchev–Trinajstić information content (AvgIpc) is 2.82. The first kappa shape index (κ1) is 24.4. The Kier molecular flexibility index (Phi) is 6.28. The third-order valence-corrected chi connectivity index (χ3v) is 7.54. The smallest absolute Gasteiger partial charge is 0.388 e. The van der Waals surface area contributed by atoms with E-state index in [9.17, 15) is 13.9 Å². The van der Waals surface area contributed by atoms with Gasteiger partial charge >= 0.3 is 6.61 Å². The third kappa shape index (κ3) is 4.97. The Morgan fingerprint density at radius 2 is 1.75 bits per heavy atom. The predicted octanol–water partition coefficient (Wildman–Crippen LogP) is 5.40. The molecule has 190 valence electrons. The van der Waals surface area contributed by atoms with Crippen LogP contribution in [0.3, 0.4) is 0 Å². The molecular formula is C27H31F2N5O2. The van der Waals surface area contributed by atoms with Gasteiger partial charge in [0.25, 0.3) is 0 Å². The summed E-state index contributed by atoms with van der Waals surface area (Å²) in [5.74, 6) is 0.635. The maximum absolute atomic E-state index is 12.5. The first-order valence-corrected chi connectivity index (χ1v) is 12.2. The molecule has 2 aliphatic rings. The molecule has 9 heteroatoms. The summed E-state index contributed by atoms with van der Waals surface area (Å²) >= 11 is 0. The molecule has 7 nitrogen and oxygen atoms in total. The largest absolute Gasteiger partial charge is 0.507 e. The normalized spacial score (nSPS) is 25.6. The zero-order chi connectivity index (χ0) is 25.5. The maximum Gasteiger partial charge on any atom is 0.388 e. The maximum atomic E-state index is 12.5. The minimum absolute atomic E-state index is 0.0167. The molecule has 0 amide bonds. The summed E-state index contributed by atoms with van der Waals surface area (Å²) in [6.45, 7) is 1.69. The van der Waals surface area contributed by atoms with E-state index < -0.39 is 6.61 Å². The molecule has 0 radical (unpaired) electrons. The zero-order valence-electron chi connectivity index (χ0n) is 20.7. The van der Waals surface area contributed by atoms with Crippen LogP contribution in [-0.4, -0.2) is 51.1 Å². The molecule has 2 saturated heterocycles. The molecular weight excluding hydrogens is 464 g/mol. The number of pyridine rings is 1. The lowest BCUT2D eigenvalue weighted by Crippen LogP contribution is -2.66. The quantitative estimate of drug-likeness (QED) is 0.474. The van der Waals surface area contributed by atoms with Gasteiger partial charge in [0.1, 0.15) is 5.75 Å². The van der Waals surface area contributed by atoms with Gasteiger partial charge in [-0.2, -0.15) is 8.78 Å². The van der Waals surface area contributed by atoms with Gasteiger partial charge in [-0.05, 0) is 87.4 Å². The summed E-state index contributed by atoms with van der Waals surface area (Å²) in [6, 6.07) is 12.3. The minimum Gasteiger partial charge on any atom is -0.507 e. The van der Waals surface area contributed by atoms with Crippen molar-refractivity contribution in [3.05, 3.63) is 48.7 Å². The number of alkyl halides is 2. The number of benzene rings is 1. The summed E-state index contributed by atoms with van der Waals surface area (Å²) in [5.41, 5.74) is 2.61. The fraction of sp³-hybridized carbons (Fsp3) is 0.444. The molecule has 1 aromatic carbocycles. The first-order chi connectivity index (χ1) is 17.1. The molecule has 36 heavy (non-hydrogen) atoms. The number of aromatic hydroxyl groups is 1. The van der Waals surface area contributed by atoms with Crippen molar-refractivity contribution in [1.29, 1.82) is 0 Å². The molecule has 5 rings (SSSR count). The second-order valence-electron chi connectivity index (χ2n) is 10.5. The van der Waals surface area contributed by atoms with Gasteiger partial charge in [0, 0.05) is 42.0 Å². The lowest BCUT2D eigenvalue weighted by Gasteiger charge is -2.55. The molecule has 3 aromatic rings. The number of phenols is 1. The van der Waals surface area contributed by atoms with Gasteiger partial charge in [0.05, 0.1) is 5.69 Å². The zero-order valence-corrected chi connectivity index (χ0v) is 20.7. The highest BCUT2D eigenvalue weighted by molar-refractivity contribution is 5.74. The van der Waals surface area contributed by atoms with E-state index in [0.29, 0.717) is 28.4 Å². The second-order valence-corrected chi connectivity index (χ2v) is 10.5. The molecule has 0 spiro atoms. The Hall–Kier alpha value is -3.33. The van der Waals surface area contributed by atoms with E-state index in [0.717, 1.165) is 18.7 Å². The number of halogens is 2. The number of hydrogen-bond acceptors (Lipinski definition) is 7. The molecule has 0 saturated carbocycles. The molecule has 2 aromatic heterocycles. The monoisotopic (exact) mass is 495 g/mol. The van der Waals surface area contributed by atoms with E-state index in [1.807, 2.05) is 12.1 Å². The lowest BCUT2D eigenvalue weighted by molar-refractivity contribution is -0.0528.